The van der Waals surface area contributed by atoms with Gasteiger partial charge in [-0.3, -0.25) is 9.59 Å². The average molecular weight is 399 g/mol. The Morgan fingerprint density at radius 1 is 1.18 bits per heavy atom. The van der Waals surface area contributed by atoms with E-state index in [9.17, 15) is 19.5 Å². The van der Waals surface area contributed by atoms with E-state index in [1.807, 2.05) is 0 Å². The summed E-state index contributed by atoms with van der Waals surface area (Å²) in [7, 11) is 1.52. The number of aromatic hydroxyl groups is 1. The van der Waals surface area contributed by atoms with Crippen molar-refractivity contribution in [3.05, 3.63) is 59.2 Å². The minimum Gasteiger partial charge on any atom is -0.508 e. The zero-order valence-electron chi connectivity index (χ0n) is 14.9. The van der Waals surface area contributed by atoms with E-state index in [1.54, 1.807) is 18.2 Å². The zero-order valence-corrected chi connectivity index (χ0v) is 15.8. The number of benzene rings is 2. The molecule has 0 aromatic heterocycles. The first kappa shape index (κ1) is 18.2. The third-order valence-corrected chi connectivity index (χ3v) is 5.42. The number of hydrogen-bond donors (Lipinski definition) is 3. The molecule has 4 rings (SSSR count). The van der Waals surface area contributed by atoms with Crippen molar-refractivity contribution >= 4 is 30.7 Å². The molecule has 0 unspecified atom stereocenters. The highest BCUT2D eigenvalue weighted by atomic mass is 32.1. The Bertz CT molecular complexity index is 994. The summed E-state index contributed by atoms with van der Waals surface area (Å²) in [6.07, 6.45) is 0. The monoisotopic (exact) mass is 399 g/mol. The van der Waals surface area contributed by atoms with E-state index in [4.69, 9.17) is 4.74 Å². The summed E-state index contributed by atoms with van der Waals surface area (Å²) in [5.74, 6) is -0.260. The fraction of sp³-hybridized carbons (Fsp3) is 0.211. The van der Waals surface area contributed by atoms with Crippen molar-refractivity contribution in [1.29, 1.82) is 0 Å². The molecule has 1 atom stereocenters. The molecular weight excluding hydrogens is 382 g/mol. The first-order valence-corrected chi connectivity index (χ1v) is 8.87. The second-order valence-electron chi connectivity index (χ2n) is 6.68. The van der Waals surface area contributed by atoms with Crippen molar-refractivity contribution in [1.82, 2.24) is 14.5 Å². The van der Waals surface area contributed by atoms with E-state index in [0.29, 0.717) is 27.7 Å². The van der Waals surface area contributed by atoms with Crippen LogP contribution in [0, 0.1) is 0 Å². The van der Waals surface area contributed by atoms with Crippen LogP contribution in [0.3, 0.4) is 0 Å². The number of carbonyl (C=O) groups excluding carboxylic acids is 3. The SMILES string of the molecule is COc1ccc2c(c1)C(=O)N(C[C@@]1(c3ccc(O)cc3)NC(=O)N(S)C1=O)C2. The number of nitrogens with one attached hydrogen (secondary N) is 1. The van der Waals surface area contributed by atoms with Gasteiger partial charge in [-0.05, 0) is 35.4 Å². The van der Waals surface area contributed by atoms with Crippen LogP contribution in [-0.2, 0) is 16.9 Å². The Hall–Kier alpha value is -3.20. The molecule has 0 saturated carbocycles. The van der Waals surface area contributed by atoms with Gasteiger partial charge in [0, 0.05) is 12.1 Å². The summed E-state index contributed by atoms with van der Waals surface area (Å²) >= 11 is 3.96. The van der Waals surface area contributed by atoms with Crippen molar-refractivity contribution < 1.29 is 24.2 Å². The molecular formula is C19H17N3O5S. The minimum absolute atomic E-state index is 0.0233. The van der Waals surface area contributed by atoms with Gasteiger partial charge in [0.1, 0.15) is 11.5 Å². The van der Waals surface area contributed by atoms with Crippen LogP contribution in [0.4, 0.5) is 4.79 Å². The second-order valence-corrected chi connectivity index (χ2v) is 7.08. The number of hydrogen-bond acceptors (Lipinski definition) is 6. The van der Waals surface area contributed by atoms with Gasteiger partial charge in [0.15, 0.2) is 5.54 Å². The molecule has 0 bridgehead atoms. The Morgan fingerprint density at radius 3 is 2.50 bits per heavy atom. The lowest BCUT2D eigenvalue weighted by atomic mass is 9.89. The van der Waals surface area contributed by atoms with Gasteiger partial charge in [0.25, 0.3) is 11.8 Å². The molecule has 4 amide bonds. The fourth-order valence-corrected chi connectivity index (χ4v) is 3.80. The van der Waals surface area contributed by atoms with E-state index in [1.165, 1.54) is 36.3 Å². The maximum atomic E-state index is 12.9. The lowest BCUT2D eigenvalue weighted by Gasteiger charge is -2.31. The molecule has 144 valence electrons. The van der Waals surface area contributed by atoms with Gasteiger partial charge >= 0.3 is 6.03 Å². The molecule has 2 heterocycles. The Labute approximate surface area is 166 Å². The van der Waals surface area contributed by atoms with Crippen LogP contribution in [0.1, 0.15) is 21.5 Å². The van der Waals surface area contributed by atoms with Crippen LogP contribution in [0.25, 0.3) is 0 Å². The second kappa shape index (κ2) is 6.45. The summed E-state index contributed by atoms with van der Waals surface area (Å²) in [5.41, 5.74) is 0.265. The average Bonchev–Trinajstić information content (AvgIpc) is 3.11. The molecule has 9 heteroatoms. The highest BCUT2D eigenvalue weighted by Gasteiger charge is 2.54. The Balaban J connectivity index is 1.72. The van der Waals surface area contributed by atoms with E-state index < -0.39 is 17.5 Å². The summed E-state index contributed by atoms with van der Waals surface area (Å²) < 4.78 is 5.88. The fourth-order valence-electron chi connectivity index (χ4n) is 3.58. The third kappa shape index (κ3) is 2.66. The number of phenolic OH excluding ortho intramolecular Hbond substituents is 1. The molecule has 2 N–H and O–H groups in total. The predicted octanol–water partition coefficient (Wildman–Crippen LogP) is 1.65. The number of urea groups is 1. The number of nitrogens with zero attached hydrogens (tertiary/aromatic N) is 2. The van der Waals surface area contributed by atoms with Gasteiger partial charge in [-0.25, -0.2) is 9.10 Å². The Kier molecular flexibility index (Phi) is 4.19. The van der Waals surface area contributed by atoms with Gasteiger partial charge < -0.3 is 20.1 Å². The molecule has 2 aliphatic heterocycles. The van der Waals surface area contributed by atoms with Crippen molar-refractivity contribution in [2.45, 2.75) is 12.1 Å². The van der Waals surface area contributed by atoms with Crippen molar-refractivity contribution in [2.75, 3.05) is 13.7 Å². The van der Waals surface area contributed by atoms with Crippen LogP contribution in [0.15, 0.2) is 42.5 Å². The van der Waals surface area contributed by atoms with Crippen LogP contribution in [-0.4, -0.2) is 45.8 Å². The van der Waals surface area contributed by atoms with Gasteiger partial charge in [-0.15, -0.1) is 0 Å². The van der Waals surface area contributed by atoms with Crippen LogP contribution >= 0.6 is 12.8 Å². The van der Waals surface area contributed by atoms with Crippen LogP contribution in [0.5, 0.6) is 11.5 Å². The number of amides is 4. The van der Waals surface area contributed by atoms with Crippen molar-refractivity contribution in [3.8, 4) is 11.5 Å². The molecule has 2 aromatic carbocycles. The lowest BCUT2D eigenvalue weighted by Crippen LogP contribution is -2.52. The first-order chi connectivity index (χ1) is 13.4. The van der Waals surface area contributed by atoms with Gasteiger partial charge in [0.05, 0.1) is 13.7 Å². The maximum absolute atomic E-state index is 12.9. The molecule has 2 aliphatic rings. The maximum Gasteiger partial charge on any atom is 0.335 e. The van der Waals surface area contributed by atoms with E-state index in [-0.39, 0.29) is 18.2 Å². The Morgan fingerprint density at radius 2 is 1.89 bits per heavy atom. The molecule has 1 saturated heterocycles. The zero-order chi connectivity index (χ0) is 20.1. The van der Waals surface area contributed by atoms with Crippen LogP contribution in [0.2, 0.25) is 0 Å². The van der Waals surface area contributed by atoms with Gasteiger partial charge in [0.2, 0.25) is 0 Å². The summed E-state index contributed by atoms with van der Waals surface area (Å²) in [4.78, 5) is 39.5. The summed E-state index contributed by atoms with van der Waals surface area (Å²) in [5, 5.41) is 12.2. The number of phenols is 1. The number of rotatable bonds is 4. The normalized spacial score (nSPS) is 21.1. The van der Waals surface area contributed by atoms with Crippen LogP contribution < -0.4 is 10.1 Å². The highest BCUT2D eigenvalue weighted by molar-refractivity contribution is 7.79. The summed E-state index contributed by atoms with van der Waals surface area (Å²) in [6, 6.07) is 10.5. The highest BCUT2D eigenvalue weighted by Crippen LogP contribution is 2.35. The smallest absolute Gasteiger partial charge is 0.335 e. The molecule has 2 aromatic rings. The molecule has 0 spiro atoms. The van der Waals surface area contributed by atoms with E-state index in [0.717, 1.165) is 5.56 Å². The number of methoxy groups -OCH3 is 1. The molecule has 0 aliphatic carbocycles. The van der Waals surface area contributed by atoms with Gasteiger partial charge in [-0.1, -0.05) is 31.0 Å². The number of carbonyl (C=O) groups is 3. The van der Waals surface area contributed by atoms with Crippen molar-refractivity contribution in [3.63, 3.8) is 0 Å². The topological polar surface area (TPSA) is 99.2 Å². The van der Waals surface area contributed by atoms with Crippen molar-refractivity contribution in [2.24, 2.45) is 0 Å². The predicted molar refractivity (Wildman–Crippen MR) is 102 cm³/mol. The molecule has 0 radical (unpaired) electrons. The summed E-state index contributed by atoms with van der Waals surface area (Å²) in [6.45, 7) is 0.225. The third-order valence-electron chi connectivity index (χ3n) is 5.05. The first-order valence-electron chi connectivity index (χ1n) is 8.47. The number of imide groups is 1. The molecule has 8 nitrogen and oxygen atoms in total. The van der Waals surface area contributed by atoms with E-state index >= 15 is 0 Å². The molecule has 28 heavy (non-hydrogen) atoms. The lowest BCUT2D eigenvalue weighted by molar-refractivity contribution is -0.128. The minimum atomic E-state index is -1.49. The molecule has 1 fully saturated rings. The standard InChI is InChI=1S/C19H17N3O5S/c1-27-14-7-2-11-9-21(16(24)15(11)8-14)10-19(12-3-5-13(23)6-4-12)17(25)22(28)18(26)20-19/h2-8,23,28H,9-10H2,1H3,(H,20,26)/t19-/m0/s1. The van der Waals surface area contributed by atoms with Gasteiger partial charge in [-0.2, -0.15) is 0 Å². The van der Waals surface area contributed by atoms with E-state index in [2.05, 4.69) is 18.1 Å². The quantitative estimate of drug-likeness (QED) is 0.536. The number of thiol groups is 1. The largest absolute Gasteiger partial charge is 0.508 e. The number of fused-ring (bicyclic) bond motifs is 1. The number of ether oxygens (including phenoxy) is 1.